The van der Waals surface area contributed by atoms with E-state index in [1.807, 2.05) is 7.05 Å². The van der Waals surface area contributed by atoms with Gasteiger partial charge in [0.25, 0.3) is 0 Å². The van der Waals surface area contributed by atoms with Crippen LogP contribution in [-0.4, -0.2) is 7.05 Å². The second-order valence-corrected chi connectivity index (χ2v) is 6.71. The fourth-order valence-corrected chi connectivity index (χ4v) is 3.46. The average molecular weight is 310 g/mol. The summed E-state index contributed by atoms with van der Waals surface area (Å²) < 4.78 is 1.20. The summed E-state index contributed by atoms with van der Waals surface area (Å²) in [6.07, 6.45) is 1.04. The molecule has 1 unspecified atom stereocenters. The zero-order valence-electron chi connectivity index (χ0n) is 10.0. The molecule has 0 saturated carbocycles. The highest BCUT2D eigenvalue weighted by atomic mass is 79.9. The van der Waals surface area contributed by atoms with Gasteiger partial charge in [0, 0.05) is 17.3 Å². The van der Waals surface area contributed by atoms with Gasteiger partial charge in [-0.1, -0.05) is 29.8 Å². The van der Waals surface area contributed by atoms with Crippen LogP contribution < -0.4 is 5.32 Å². The van der Waals surface area contributed by atoms with Crippen molar-refractivity contribution in [2.24, 2.45) is 0 Å². The van der Waals surface area contributed by atoms with E-state index < -0.39 is 0 Å². The number of halogens is 1. The maximum absolute atomic E-state index is 3.51. The van der Waals surface area contributed by atoms with Gasteiger partial charge in [-0.25, -0.2) is 0 Å². The van der Waals surface area contributed by atoms with Crippen LogP contribution in [0.3, 0.4) is 0 Å². The summed E-state index contributed by atoms with van der Waals surface area (Å²) in [7, 11) is 2.02. The topological polar surface area (TPSA) is 12.0 Å². The van der Waals surface area contributed by atoms with E-state index in [0.717, 1.165) is 6.42 Å². The molecule has 1 heterocycles. The first-order valence-electron chi connectivity index (χ1n) is 5.67. The van der Waals surface area contributed by atoms with Crippen molar-refractivity contribution in [3.05, 3.63) is 56.2 Å². The SMILES string of the molecule is CNC(Cc1ccc(Br)s1)c1cccc(C)c1. The maximum Gasteiger partial charge on any atom is 0.0701 e. The molecule has 1 N–H and O–H groups in total. The smallest absolute Gasteiger partial charge is 0.0701 e. The third-order valence-corrected chi connectivity index (χ3v) is 4.47. The predicted octanol–water partition coefficient (Wildman–Crippen LogP) is 4.32. The third-order valence-electron chi connectivity index (χ3n) is 2.83. The number of hydrogen-bond donors (Lipinski definition) is 1. The van der Waals surface area contributed by atoms with E-state index in [1.54, 1.807) is 11.3 Å². The molecule has 1 nitrogen and oxygen atoms in total. The first-order valence-corrected chi connectivity index (χ1v) is 7.28. The van der Waals surface area contributed by atoms with E-state index >= 15 is 0 Å². The van der Waals surface area contributed by atoms with Gasteiger partial charge in [0.2, 0.25) is 0 Å². The van der Waals surface area contributed by atoms with E-state index in [2.05, 4.69) is 64.6 Å². The number of nitrogens with one attached hydrogen (secondary N) is 1. The Kier molecular flexibility index (Phi) is 4.37. The van der Waals surface area contributed by atoms with Crippen LogP contribution >= 0.6 is 27.3 Å². The van der Waals surface area contributed by atoms with E-state index in [0.29, 0.717) is 6.04 Å². The summed E-state index contributed by atoms with van der Waals surface area (Å²) >= 11 is 5.32. The van der Waals surface area contributed by atoms with Gasteiger partial charge in [-0.15, -0.1) is 11.3 Å². The molecule has 2 aromatic rings. The van der Waals surface area contributed by atoms with Gasteiger partial charge < -0.3 is 5.32 Å². The summed E-state index contributed by atoms with van der Waals surface area (Å²) in [6, 6.07) is 13.4. The second kappa shape index (κ2) is 5.80. The maximum atomic E-state index is 3.51. The van der Waals surface area contributed by atoms with Crippen LogP contribution in [0.4, 0.5) is 0 Å². The van der Waals surface area contributed by atoms with Crippen LogP contribution in [0.2, 0.25) is 0 Å². The Morgan fingerprint density at radius 2 is 2.12 bits per heavy atom. The molecule has 90 valence electrons. The monoisotopic (exact) mass is 309 g/mol. The Hall–Kier alpha value is -0.640. The van der Waals surface area contributed by atoms with E-state index in [9.17, 15) is 0 Å². The van der Waals surface area contributed by atoms with Crippen LogP contribution in [0.1, 0.15) is 22.0 Å². The first kappa shape index (κ1) is 12.8. The summed E-state index contributed by atoms with van der Waals surface area (Å²) in [5.74, 6) is 0. The summed E-state index contributed by atoms with van der Waals surface area (Å²) in [5.41, 5.74) is 2.67. The lowest BCUT2D eigenvalue weighted by molar-refractivity contribution is 0.596. The van der Waals surface area contributed by atoms with Crippen molar-refractivity contribution in [3.8, 4) is 0 Å². The van der Waals surface area contributed by atoms with Crippen molar-refractivity contribution in [2.45, 2.75) is 19.4 Å². The molecule has 0 aliphatic rings. The van der Waals surface area contributed by atoms with Crippen molar-refractivity contribution in [3.63, 3.8) is 0 Å². The molecule has 0 amide bonds. The van der Waals surface area contributed by atoms with Crippen molar-refractivity contribution in [1.29, 1.82) is 0 Å². The van der Waals surface area contributed by atoms with Crippen molar-refractivity contribution < 1.29 is 0 Å². The van der Waals surface area contributed by atoms with Crippen LogP contribution in [0, 0.1) is 6.92 Å². The number of benzene rings is 1. The van der Waals surface area contributed by atoms with Gasteiger partial charge in [-0.3, -0.25) is 0 Å². The minimum absolute atomic E-state index is 0.389. The minimum Gasteiger partial charge on any atom is -0.313 e. The Bertz CT molecular complexity index is 492. The molecule has 0 aliphatic carbocycles. The molecule has 2 rings (SSSR count). The molecule has 0 fully saturated rings. The summed E-state index contributed by atoms with van der Waals surface area (Å²) in [6.45, 7) is 2.14. The van der Waals surface area contributed by atoms with E-state index in [1.165, 1.54) is 19.8 Å². The van der Waals surface area contributed by atoms with Crippen LogP contribution in [0.15, 0.2) is 40.2 Å². The van der Waals surface area contributed by atoms with Crippen LogP contribution in [0.5, 0.6) is 0 Å². The fourth-order valence-electron chi connectivity index (χ4n) is 1.94. The fraction of sp³-hybridized carbons (Fsp3) is 0.286. The number of hydrogen-bond acceptors (Lipinski definition) is 2. The molecule has 1 aromatic carbocycles. The summed E-state index contributed by atoms with van der Waals surface area (Å²) in [4.78, 5) is 1.40. The minimum atomic E-state index is 0.389. The highest BCUT2D eigenvalue weighted by Crippen LogP contribution is 2.27. The molecule has 0 radical (unpaired) electrons. The largest absolute Gasteiger partial charge is 0.313 e. The molecule has 0 saturated heterocycles. The number of rotatable bonds is 4. The first-order chi connectivity index (χ1) is 8.19. The van der Waals surface area contributed by atoms with Crippen molar-refractivity contribution >= 4 is 27.3 Å². The molecule has 0 aliphatic heterocycles. The number of aryl methyl sites for hydroxylation is 1. The predicted molar refractivity (Wildman–Crippen MR) is 78.7 cm³/mol. The molecule has 0 bridgehead atoms. The average Bonchev–Trinajstić information content (AvgIpc) is 2.72. The van der Waals surface area contributed by atoms with Gasteiger partial charge in [0.1, 0.15) is 0 Å². The van der Waals surface area contributed by atoms with Gasteiger partial charge in [0.05, 0.1) is 3.79 Å². The van der Waals surface area contributed by atoms with Gasteiger partial charge in [-0.05, 0) is 47.6 Å². The van der Waals surface area contributed by atoms with Crippen LogP contribution in [0.25, 0.3) is 0 Å². The van der Waals surface area contributed by atoms with Gasteiger partial charge >= 0.3 is 0 Å². The standard InChI is InChI=1S/C14H16BrNS/c1-10-4-3-5-11(8-10)13(16-2)9-12-6-7-14(15)17-12/h3-8,13,16H,9H2,1-2H3. The quantitative estimate of drug-likeness (QED) is 0.886. The second-order valence-electron chi connectivity index (χ2n) is 4.17. The molecule has 1 atom stereocenters. The van der Waals surface area contributed by atoms with Crippen LogP contribution in [-0.2, 0) is 6.42 Å². The van der Waals surface area contributed by atoms with E-state index in [4.69, 9.17) is 0 Å². The Labute approximate surface area is 115 Å². The van der Waals surface area contributed by atoms with E-state index in [-0.39, 0.29) is 0 Å². The third kappa shape index (κ3) is 3.41. The molecule has 0 spiro atoms. The Balaban J connectivity index is 2.16. The molecule has 1 aromatic heterocycles. The van der Waals surface area contributed by atoms with Gasteiger partial charge in [0.15, 0.2) is 0 Å². The highest BCUT2D eigenvalue weighted by molar-refractivity contribution is 9.11. The lowest BCUT2D eigenvalue weighted by Gasteiger charge is -2.16. The normalized spacial score (nSPS) is 12.6. The van der Waals surface area contributed by atoms with Crippen molar-refractivity contribution in [2.75, 3.05) is 7.05 Å². The lowest BCUT2D eigenvalue weighted by Crippen LogP contribution is -2.18. The molecule has 3 heteroatoms. The molecule has 17 heavy (non-hydrogen) atoms. The van der Waals surface area contributed by atoms with Gasteiger partial charge in [-0.2, -0.15) is 0 Å². The number of likely N-dealkylation sites (N-methyl/N-ethyl adjacent to an activating group) is 1. The highest BCUT2D eigenvalue weighted by Gasteiger charge is 2.11. The summed E-state index contributed by atoms with van der Waals surface area (Å²) in [5, 5.41) is 3.39. The van der Waals surface area contributed by atoms with Crippen molar-refractivity contribution in [1.82, 2.24) is 5.32 Å². The molecular weight excluding hydrogens is 294 g/mol. The zero-order chi connectivity index (χ0) is 12.3. The zero-order valence-corrected chi connectivity index (χ0v) is 12.4. The number of thiophene rings is 1. The molecular formula is C14H16BrNS. The Morgan fingerprint density at radius 1 is 1.29 bits per heavy atom. The Morgan fingerprint density at radius 3 is 2.71 bits per heavy atom. The lowest BCUT2D eigenvalue weighted by atomic mass is 10.0.